The lowest BCUT2D eigenvalue weighted by molar-refractivity contribution is 0.0787. The molecule has 1 amide bonds. The number of methoxy groups -OCH3 is 1. The molecule has 134 valence electrons. The van der Waals surface area contributed by atoms with Crippen LogP contribution in [0.5, 0.6) is 5.75 Å². The first-order chi connectivity index (χ1) is 13.2. The second-order valence-electron chi connectivity index (χ2n) is 6.22. The van der Waals surface area contributed by atoms with Crippen molar-refractivity contribution in [1.29, 1.82) is 0 Å². The van der Waals surface area contributed by atoms with Gasteiger partial charge in [-0.1, -0.05) is 18.2 Å². The van der Waals surface area contributed by atoms with Crippen LogP contribution >= 0.6 is 0 Å². The molecule has 0 N–H and O–H groups in total. The molecule has 0 bridgehead atoms. The number of ether oxygens (including phenoxy) is 1. The number of nitrogens with zero attached hydrogens (tertiary/aromatic N) is 4. The van der Waals surface area contributed by atoms with Crippen molar-refractivity contribution in [2.45, 2.75) is 6.54 Å². The van der Waals surface area contributed by atoms with Gasteiger partial charge in [-0.25, -0.2) is 0 Å². The minimum Gasteiger partial charge on any atom is -0.494 e. The van der Waals surface area contributed by atoms with Crippen molar-refractivity contribution >= 4 is 27.8 Å². The molecule has 0 unspecified atom stereocenters. The van der Waals surface area contributed by atoms with Gasteiger partial charge in [0.2, 0.25) is 0 Å². The van der Waals surface area contributed by atoms with E-state index in [2.05, 4.69) is 15.0 Å². The van der Waals surface area contributed by atoms with Gasteiger partial charge in [-0.2, -0.15) is 0 Å². The standard InChI is InChI=1S/C21H18N4O2/c1-25(21(26)16-5-3-7-17-19(16)24-12-11-22-17)13-14-8-9-18(27-2)20-15(14)6-4-10-23-20/h3-12H,13H2,1-2H3. The maximum Gasteiger partial charge on any atom is 0.256 e. The number of hydrogen-bond acceptors (Lipinski definition) is 5. The molecule has 0 spiro atoms. The van der Waals surface area contributed by atoms with Gasteiger partial charge in [0, 0.05) is 37.6 Å². The highest BCUT2D eigenvalue weighted by molar-refractivity contribution is 6.04. The molecule has 2 heterocycles. The average Bonchev–Trinajstić information content (AvgIpc) is 2.73. The molecule has 0 saturated carbocycles. The Balaban J connectivity index is 1.69. The fourth-order valence-electron chi connectivity index (χ4n) is 3.21. The Morgan fingerprint density at radius 1 is 0.963 bits per heavy atom. The quantitative estimate of drug-likeness (QED) is 0.559. The third-order valence-electron chi connectivity index (χ3n) is 4.53. The molecular weight excluding hydrogens is 340 g/mol. The third kappa shape index (κ3) is 3.06. The van der Waals surface area contributed by atoms with Crippen LogP contribution in [0.25, 0.3) is 21.9 Å². The minimum atomic E-state index is -0.103. The Labute approximate surface area is 156 Å². The number of carbonyl (C=O) groups is 1. The van der Waals surface area contributed by atoms with Crippen molar-refractivity contribution in [2.24, 2.45) is 0 Å². The summed E-state index contributed by atoms with van der Waals surface area (Å²) in [6.45, 7) is 0.446. The summed E-state index contributed by atoms with van der Waals surface area (Å²) >= 11 is 0. The van der Waals surface area contributed by atoms with Crippen molar-refractivity contribution in [3.05, 3.63) is 72.2 Å². The number of rotatable bonds is 4. The van der Waals surface area contributed by atoms with Gasteiger partial charge in [0.15, 0.2) is 0 Å². The van der Waals surface area contributed by atoms with Crippen molar-refractivity contribution in [2.75, 3.05) is 14.2 Å². The SMILES string of the molecule is COc1ccc(CN(C)C(=O)c2cccc3nccnc23)c2cccnc12. The van der Waals surface area contributed by atoms with E-state index in [0.29, 0.717) is 28.9 Å². The maximum absolute atomic E-state index is 13.0. The van der Waals surface area contributed by atoms with Gasteiger partial charge >= 0.3 is 0 Å². The van der Waals surface area contributed by atoms with E-state index in [1.807, 2.05) is 36.4 Å². The lowest BCUT2D eigenvalue weighted by atomic mass is 10.1. The Kier molecular flexibility index (Phi) is 4.38. The lowest BCUT2D eigenvalue weighted by Crippen LogP contribution is -2.26. The second kappa shape index (κ2) is 6.99. The molecular formula is C21H18N4O2. The summed E-state index contributed by atoms with van der Waals surface area (Å²) in [5.41, 5.74) is 3.64. The Hall–Kier alpha value is -3.54. The lowest BCUT2D eigenvalue weighted by Gasteiger charge is -2.19. The van der Waals surface area contributed by atoms with E-state index in [9.17, 15) is 4.79 Å². The van der Waals surface area contributed by atoms with E-state index in [0.717, 1.165) is 16.5 Å². The summed E-state index contributed by atoms with van der Waals surface area (Å²) in [6.07, 6.45) is 4.96. The van der Waals surface area contributed by atoms with E-state index in [1.165, 1.54) is 0 Å². The number of carbonyl (C=O) groups excluding carboxylic acids is 1. The highest BCUT2D eigenvalue weighted by atomic mass is 16.5. The summed E-state index contributed by atoms with van der Waals surface area (Å²) in [4.78, 5) is 27.7. The van der Waals surface area contributed by atoms with E-state index in [-0.39, 0.29) is 5.91 Å². The van der Waals surface area contributed by atoms with Crippen LogP contribution in [0.15, 0.2) is 61.1 Å². The van der Waals surface area contributed by atoms with Crippen molar-refractivity contribution in [3.63, 3.8) is 0 Å². The van der Waals surface area contributed by atoms with Gasteiger partial charge in [-0.05, 0) is 29.8 Å². The summed E-state index contributed by atoms with van der Waals surface area (Å²) in [6, 6.07) is 13.2. The molecule has 6 heteroatoms. The molecule has 4 aromatic rings. The number of para-hydroxylation sites is 1. The van der Waals surface area contributed by atoms with Crippen molar-refractivity contribution in [1.82, 2.24) is 19.9 Å². The monoisotopic (exact) mass is 358 g/mol. The van der Waals surface area contributed by atoms with Crippen LogP contribution in [0.3, 0.4) is 0 Å². The molecule has 0 aliphatic carbocycles. The highest BCUT2D eigenvalue weighted by Crippen LogP contribution is 2.27. The molecule has 4 rings (SSSR count). The van der Waals surface area contributed by atoms with Crippen LogP contribution in [0.1, 0.15) is 15.9 Å². The van der Waals surface area contributed by atoms with Crippen molar-refractivity contribution in [3.8, 4) is 5.75 Å². The van der Waals surface area contributed by atoms with Gasteiger partial charge in [-0.15, -0.1) is 0 Å². The zero-order valence-corrected chi connectivity index (χ0v) is 15.1. The molecule has 27 heavy (non-hydrogen) atoms. The number of benzene rings is 2. The molecule has 0 atom stereocenters. The summed E-state index contributed by atoms with van der Waals surface area (Å²) < 4.78 is 5.39. The average molecular weight is 358 g/mol. The minimum absolute atomic E-state index is 0.103. The summed E-state index contributed by atoms with van der Waals surface area (Å²) in [5.74, 6) is 0.613. The van der Waals surface area contributed by atoms with Crippen LogP contribution in [0.4, 0.5) is 0 Å². The van der Waals surface area contributed by atoms with Gasteiger partial charge in [0.05, 0.1) is 18.2 Å². The van der Waals surface area contributed by atoms with E-state index in [1.54, 1.807) is 43.7 Å². The first-order valence-corrected chi connectivity index (χ1v) is 8.55. The van der Waals surface area contributed by atoms with Gasteiger partial charge < -0.3 is 9.64 Å². The largest absolute Gasteiger partial charge is 0.494 e. The van der Waals surface area contributed by atoms with Crippen molar-refractivity contribution < 1.29 is 9.53 Å². The zero-order valence-electron chi connectivity index (χ0n) is 15.1. The molecule has 2 aromatic heterocycles. The van der Waals surface area contributed by atoms with Crippen LogP contribution in [-0.4, -0.2) is 39.9 Å². The fourth-order valence-corrected chi connectivity index (χ4v) is 3.21. The number of hydrogen-bond donors (Lipinski definition) is 0. The summed E-state index contributed by atoms with van der Waals surface area (Å²) in [7, 11) is 3.41. The van der Waals surface area contributed by atoms with E-state index < -0.39 is 0 Å². The predicted molar refractivity (Wildman–Crippen MR) is 104 cm³/mol. The molecule has 0 fully saturated rings. The third-order valence-corrected chi connectivity index (χ3v) is 4.53. The van der Waals surface area contributed by atoms with E-state index >= 15 is 0 Å². The molecule has 0 radical (unpaired) electrons. The number of pyridine rings is 1. The topological polar surface area (TPSA) is 68.2 Å². The number of fused-ring (bicyclic) bond motifs is 2. The molecule has 2 aromatic carbocycles. The smallest absolute Gasteiger partial charge is 0.256 e. The molecule has 0 aliphatic heterocycles. The Morgan fingerprint density at radius 2 is 1.78 bits per heavy atom. The number of amides is 1. The van der Waals surface area contributed by atoms with E-state index in [4.69, 9.17) is 4.74 Å². The molecule has 6 nitrogen and oxygen atoms in total. The maximum atomic E-state index is 13.0. The Bertz CT molecular complexity index is 1140. The number of aromatic nitrogens is 3. The van der Waals surface area contributed by atoms with Crippen LogP contribution in [-0.2, 0) is 6.54 Å². The normalized spacial score (nSPS) is 10.9. The van der Waals surface area contributed by atoms with Gasteiger partial charge in [0.25, 0.3) is 5.91 Å². The summed E-state index contributed by atoms with van der Waals surface area (Å²) in [5, 5.41) is 0.967. The first kappa shape index (κ1) is 16.9. The highest BCUT2D eigenvalue weighted by Gasteiger charge is 2.17. The van der Waals surface area contributed by atoms with Crippen LogP contribution < -0.4 is 4.74 Å². The second-order valence-corrected chi connectivity index (χ2v) is 6.22. The van der Waals surface area contributed by atoms with Gasteiger partial charge in [0.1, 0.15) is 16.8 Å². The predicted octanol–water partition coefficient (Wildman–Crippen LogP) is 3.46. The van der Waals surface area contributed by atoms with Crippen LogP contribution in [0, 0.1) is 0 Å². The zero-order chi connectivity index (χ0) is 18.8. The Morgan fingerprint density at radius 3 is 2.63 bits per heavy atom. The molecule has 0 aliphatic rings. The first-order valence-electron chi connectivity index (χ1n) is 8.55. The fraction of sp³-hybridized carbons (Fsp3) is 0.143. The van der Waals surface area contributed by atoms with Gasteiger partial charge in [-0.3, -0.25) is 19.7 Å². The molecule has 0 saturated heterocycles. The van der Waals surface area contributed by atoms with Crippen LogP contribution in [0.2, 0.25) is 0 Å².